The molecule has 0 aliphatic heterocycles. The molecule has 2 aromatic rings. The van der Waals surface area contributed by atoms with Gasteiger partial charge in [0.05, 0.1) is 31.3 Å². The molecule has 5 heteroatoms. The van der Waals surface area contributed by atoms with Gasteiger partial charge in [-0.15, -0.1) is 0 Å². The van der Waals surface area contributed by atoms with Crippen molar-refractivity contribution in [3.63, 3.8) is 0 Å². The highest BCUT2D eigenvalue weighted by Gasteiger charge is 2.17. The summed E-state index contributed by atoms with van der Waals surface area (Å²) >= 11 is 0. The first-order valence-corrected chi connectivity index (χ1v) is 6.24. The third-order valence-electron chi connectivity index (χ3n) is 3.35. The molecule has 20 heavy (non-hydrogen) atoms. The first-order valence-electron chi connectivity index (χ1n) is 6.24. The smallest absolute Gasteiger partial charge is 0.312 e. The number of carboxylic acid groups (broad SMARTS) is 1. The zero-order chi connectivity index (χ0) is 14.9. The lowest BCUT2D eigenvalue weighted by Crippen LogP contribution is -2.09. The Morgan fingerprint density at radius 1 is 1.20 bits per heavy atom. The molecule has 1 aromatic carbocycles. The van der Waals surface area contributed by atoms with Crippen LogP contribution < -0.4 is 9.47 Å². The molecule has 1 unspecified atom stereocenters. The van der Waals surface area contributed by atoms with Gasteiger partial charge in [0.25, 0.3) is 0 Å². The van der Waals surface area contributed by atoms with E-state index in [2.05, 4.69) is 4.98 Å². The maximum Gasteiger partial charge on any atom is 0.312 e. The fourth-order valence-corrected chi connectivity index (χ4v) is 2.10. The number of aryl methyl sites for hydroxylation is 1. The van der Waals surface area contributed by atoms with E-state index in [1.165, 1.54) is 0 Å². The highest BCUT2D eigenvalue weighted by Crippen LogP contribution is 2.33. The molecule has 0 saturated heterocycles. The molecular formula is C15H17NO4. The fourth-order valence-electron chi connectivity index (χ4n) is 2.10. The average Bonchev–Trinajstić information content (AvgIpc) is 2.44. The molecular weight excluding hydrogens is 258 g/mol. The van der Waals surface area contributed by atoms with Gasteiger partial charge in [0.2, 0.25) is 0 Å². The van der Waals surface area contributed by atoms with E-state index in [0.717, 1.165) is 10.9 Å². The lowest BCUT2D eigenvalue weighted by atomic mass is 10.0. The summed E-state index contributed by atoms with van der Waals surface area (Å²) < 4.78 is 10.5. The van der Waals surface area contributed by atoms with Crippen molar-refractivity contribution in [1.29, 1.82) is 0 Å². The van der Waals surface area contributed by atoms with Gasteiger partial charge < -0.3 is 14.6 Å². The van der Waals surface area contributed by atoms with Crippen LogP contribution in [0.4, 0.5) is 0 Å². The van der Waals surface area contributed by atoms with Gasteiger partial charge in [-0.2, -0.15) is 0 Å². The molecule has 0 spiro atoms. The van der Waals surface area contributed by atoms with E-state index < -0.39 is 11.9 Å². The van der Waals surface area contributed by atoms with Crippen molar-refractivity contribution >= 4 is 16.9 Å². The second-order valence-corrected chi connectivity index (χ2v) is 4.65. The maximum atomic E-state index is 11.1. The second kappa shape index (κ2) is 5.36. The first kappa shape index (κ1) is 14.1. The van der Waals surface area contributed by atoms with Crippen LogP contribution in [0.1, 0.15) is 24.1 Å². The number of fused-ring (bicyclic) bond motifs is 1. The van der Waals surface area contributed by atoms with Crippen LogP contribution in [0.15, 0.2) is 18.2 Å². The Kier molecular flexibility index (Phi) is 3.79. The lowest BCUT2D eigenvalue weighted by Gasteiger charge is -2.13. The molecule has 1 N–H and O–H groups in total. The Hall–Kier alpha value is -2.30. The first-order chi connectivity index (χ1) is 9.47. The Bertz CT molecular complexity index is 666. The van der Waals surface area contributed by atoms with Crippen molar-refractivity contribution in [2.75, 3.05) is 14.2 Å². The largest absolute Gasteiger partial charge is 0.493 e. The van der Waals surface area contributed by atoms with E-state index >= 15 is 0 Å². The van der Waals surface area contributed by atoms with Crippen LogP contribution in [-0.2, 0) is 4.79 Å². The summed E-state index contributed by atoms with van der Waals surface area (Å²) in [6, 6.07) is 5.41. The number of carboxylic acids is 1. The Morgan fingerprint density at radius 3 is 2.35 bits per heavy atom. The zero-order valence-corrected chi connectivity index (χ0v) is 11.9. The number of hydrogen-bond donors (Lipinski definition) is 1. The van der Waals surface area contributed by atoms with Crippen LogP contribution in [0.2, 0.25) is 0 Å². The molecule has 0 radical (unpaired) electrons. The maximum absolute atomic E-state index is 11.1. The van der Waals surface area contributed by atoms with Gasteiger partial charge in [-0.1, -0.05) is 0 Å². The normalized spacial score (nSPS) is 12.2. The molecule has 1 atom stereocenters. The summed E-state index contributed by atoms with van der Waals surface area (Å²) in [6.07, 6.45) is 0. The van der Waals surface area contributed by atoms with Crippen molar-refractivity contribution in [3.8, 4) is 11.5 Å². The topological polar surface area (TPSA) is 68.7 Å². The van der Waals surface area contributed by atoms with Gasteiger partial charge in [-0.3, -0.25) is 9.78 Å². The van der Waals surface area contributed by atoms with Gasteiger partial charge in [0, 0.05) is 11.5 Å². The molecule has 0 fully saturated rings. The van der Waals surface area contributed by atoms with Gasteiger partial charge in [0.15, 0.2) is 11.5 Å². The number of aromatic nitrogens is 1. The molecule has 2 rings (SSSR count). The summed E-state index contributed by atoms with van der Waals surface area (Å²) in [7, 11) is 3.13. The number of hydrogen-bond acceptors (Lipinski definition) is 4. The third kappa shape index (κ3) is 2.39. The molecule has 0 aliphatic rings. The number of nitrogens with zero attached hydrogens (tertiary/aromatic N) is 1. The molecule has 1 heterocycles. The third-order valence-corrected chi connectivity index (χ3v) is 3.35. The van der Waals surface area contributed by atoms with Crippen LogP contribution in [-0.4, -0.2) is 30.3 Å². The summed E-state index contributed by atoms with van der Waals surface area (Å²) in [4.78, 5) is 15.5. The number of benzene rings is 1. The predicted molar refractivity (Wildman–Crippen MR) is 75.6 cm³/mol. The predicted octanol–water partition coefficient (Wildman–Crippen LogP) is 2.75. The monoisotopic (exact) mass is 275 g/mol. The minimum Gasteiger partial charge on any atom is -0.493 e. The number of rotatable bonds is 4. The van der Waals surface area contributed by atoms with E-state index in [9.17, 15) is 4.79 Å². The average molecular weight is 275 g/mol. The van der Waals surface area contributed by atoms with E-state index in [4.69, 9.17) is 14.6 Å². The van der Waals surface area contributed by atoms with Crippen molar-refractivity contribution in [1.82, 2.24) is 4.98 Å². The molecule has 0 aliphatic carbocycles. The van der Waals surface area contributed by atoms with E-state index in [0.29, 0.717) is 22.7 Å². The Morgan fingerprint density at radius 2 is 1.80 bits per heavy atom. The number of carbonyl (C=O) groups is 1. The quantitative estimate of drug-likeness (QED) is 0.929. The second-order valence-electron chi connectivity index (χ2n) is 4.65. The van der Waals surface area contributed by atoms with E-state index in [1.54, 1.807) is 33.3 Å². The number of pyridine rings is 1. The highest BCUT2D eigenvalue weighted by molar-refractivity contribution is 5.87. The molecule has 1 aromatic heterocycles. The Labute approximate surface area is 117 Å². The SMILES string of the molecule is COc1cc2nc(C(C)C(=O)O)cc(C)c2cc1OC. The minimum atomic E-state index is -0.892. The molecule has 0 amide bonds. The fraction of sp³-hybridized carbons (Fsp3) is 0.333. The summed E-state index contributed by atoms with van der Waals surface area (Å²) in [5.74, 6) is -0.334. The van der Waals surface area contributed by atoms with E-state index in [1.807, 2.05) is 13.0 Å². The van der Waals surface area contributed by atoms with Gasteiger partial charge in [-0.25, -0.2) is 0 Å². The summed E-state index contributed by atoms with van der Waals surface area (Å²) in [5.41, 5.74) is 2.19. The van der Waals surface area contributed by atoms with Crippen LogP contribution >= 0.6 is 0 Å². The standard InChI is InChI=1S/C15H17NO4/c1-8-5-11(9(2)15(17)18)16-12-7-14(20-4)13(19-3)6-10(8)12/h5-7,9H,1-4H3,(H,17,18). The van der Waals surface area contributed by atoms with Crippen molar-refractivity contribution in [3.05, 3.63) is 29.5 Å². The highest BCUT2D eigenvalue weighted by atomic mass is 16.5. The molecule has 106 valence electrons. The van der Waals surface area contributed by atoms with Crippen molar-refractivity contribution < 1.29 is 19.4 Å². The Balaban J connectivity index is 2.67. The van der Waals surface area contributed by atoms with Crippen LogP contribution in [0.25, 0.3) is 10.9 Å². The summed E-state index contributed by atoms with van der Waals surface area (Å²) in [6.45, 7) is 3.55. The molecule has 0 bridgehead atoms. The number of aliphatic carboxylic acids is 1. The van der Waals surface area contributed by atoms with Crippen LogP contribution in [0.3, 0.4) is 0 Å². The zero-order valence-electron chi connectivity index (χ0n) is 11.9. The number of methoxy groups -OCH3 is 2. The summed E-state index contributed by atoms with van der Waals surface area (Å²) in [5, 5.41) is 10.0. The van der Waals surface area contributed by atoms with Gasteiger partial charge in [0.1, 0.15) is 0 Å². The van der Waals surface area contributed by atoms with Crippen LogP contribution in [0.5, 0.6) is 11.5 Å². The molecule has 5 nitrogen and oxygen atoms in total. The van der Waals surface area contributed by atoms with Crippen molar-refractivity contribution in [2.45, 2.75) is 19.8 Å². The minimum absolute atomic E-state index is 0.537. The van der Waals surface area contributed by atoms with E-state index in [-0.39, 0.29) is 0 Å². The lowest BCUT2D eigenvalue weighted by molar-refractivity contribution is -0.138. The molecule has 0 saturated carbocycles. The van der Waals surface area contributed by atoms with Crippen LogP contribution in [0, 0.1) is 6.92 Å². The van der Waals surface area contributed by atoms with Crippen molar-refractivity contribution in [2.24, 2.45) is 0 Å². The van der Waals surface area contributed by atoms with Gasteiger partial charge in [-0.05, 0) is 31.5 Å². The van der Waals surface area contributed by atoms with Gasteiger partial charge >= 0.3 is 5.97 Å². The number of ether oxygens (including phenoxy) is 2.